The first-order valence-electron chi connectivity index (χ1n) is 5.13. The zero-order valence-corrected chi connectivity index (χ0v) is 10.1. The van der Waals surface area contributed by atoms with Gasteiger partial charge in [-0.3, -0.25) is 4.79 Å². The SMILES string of the molecule is Cc1ncsc1C(=O)N1CCOCC1C(=O)O. The Morgan fingerprint density at radius 3 is 3.00 bits per heavy atom. The van der Waals surface area contributed by atoms with E-state index in [0.717, 1.165) is 0 Å². The molecule has 0 spiro atoms. The molecule has 1 aliphatic heterocycles. The maximum atomic E-state index is 12.2. The molecule has 1 N–H and O–H groups in total. The molecule has 1 saturated heterocycles. The van der Waals surface area contributed by atoms with Gasteiger partial charge in [-0.05, 0) is 6.92 Å². The number of aryl methyl sites for hydroxylation is 1. The lowest BCUT2D eigenvalue weighted by atomic mass is 10.2. The molecule has 1 unspecified atom stereocenters. The zero-order valence-electron chi connectivity index (χ0n) is 9.25. The van der Waals surface area contributed by atoms with Crippen molar-refractivity contribution in [1.82, 2.24) is 9.88 Å². The number of ether oxygens (including phenoxy) is 1. The molecular weight excluding hydrogens is 244 g/mol. The van der Waals surface area contributed by atoms with Crippen molar-refractivity contribution in [3.8, 4) is 0 Å². The molecule has 2 rings (SSSR count). The van der Waals surface area contributed by atoms with Crippen molar-refractivity contribution in [3.05, 3.63) is 16.1 Å². The van der Waals surface area contributed by atoms with Crippen molar-refractivity contribution < 1.29 is 19.4 Å². The normalized spacial score (nSPS) is 20.3. The molecule has 0 radical (unpaired) electrons. The zero-order chi connectivity index (χ0) is 12.4. The van der Waals surface area contributed by atoms with Gasteiger partial charge >= 0.3 is 5.97 Å². The maximum Gasteiger partial charge on any atom is 0.328 e. The van der Waals surface area contributed by atoms with Gasteiger partial charge in [0.15, 0.2) is 6.04 Å². The molecule has 0 saturated carbocycles. The van der Waals surface area contributed by atoms with Gasteiger partial charge in [-0.1, -0.05) is 0 Å². The number of rotatable bonds is 2. The van der Waals surface area contributed by atoms with E-state index in [0.29, 0.717) is 23.7 Å². The van der Waals surface area contributed by atoms with Crippen molar-refractivity contribution in [2.45, 2.75) is 13.0 Å². The molecule has 17 heavy (non-hydrogen) atoms. The predicted octanol–water partition coefficient (Wildman–Crippen LogP) is 0.377. The largest absolute Gasteiger partial charge is 0.480 e. The minimum absolute atomic E-state index is 0.0406. The predicted molar refractivity (Wildman–Crippen MR) is 60.1 cm³/mol. The van der Waals surface area contributed by atoms with E-state index >= 15 is 0 Å². The standard InChI is InChI=1S/C10H12N2O4S/c1-6-8(17-5-11-6)9(13)12-2-3-16-4-7(12)10(14)15/h5,7H,2-4H2,1H3,(H,14,15). The van der Waals surface area contributed by atoms with Crippen molar-refractivity contribution in [2.75, 3.05) is 19.8 Å². The number of carbonyl (C=O) groups excluding carboxylic acids is 1. The van der Waals surface area contributed by atoms with Gasteiger partial charge < -0.3 is 14.7 Å². The molecule has 6 nitrogen and oxygen atoms in total. The highest BCUT2D eigenvalue weighted by atomic mass is 32.1. The number of carbonyl (C=O) groups is 2. The van der Waals surface area contributed by atoms with E-state index in [1.54, 1.807) is 12.4 Å². The van der Waals surface area contributed by atoms with Gasteiger partial charge in [-0.25, -0.2) is 9.78 Å². The second kappa shape index (κ2) is 4.80. The van der Waals surface area contributed by atoms with Gasteiger partial charge in [-0.2, -0.15) is 0 Å². The van der Waals surface area contributed by atoms with E-state index < -0.39 is 12.0 Å². The number of carboxylic acid groups (broad SMARTS) is 1. The van der Waals surface area contributed by atoms with Gasteiger partial charge in [0.25, 0.3) is 5.91 Å². The van der Waals surface area contributed by atoms with E-state index in [1.165, 1.54) is 16.2 Å². The van der Waals surface area contributed by atoms with Gasteiger partial charge in [0.2, 0.25) is 0 Å². The van der Waals surface area contributed by atoms with Crippen LogP contribution in [0.3, 0.4) is 0 Å². The Kier molecular flexibility index (Phi) is 3.39. The van der Waals surface area contributed by atoms with Crippen LogP contribution in [0.5, 0.6) is 0 Å². The van der Waals surface area contributed by atoms with Crippen LogP contribution in [-0.2, 0) is 9.53 Å². The lowest BCUT2D eigenvalue weighted by molar-refractivity contribution is -0.147. The smallest absolute Gasteiger partial charge is 0.328 e. The van der Waals surface area contributed by atoms with Gasteiger partial charge in [0.05, 0.1) is 24.4 Å². The second-order valence-corrected chi connectivity index (χ2v) is 4.55. The molecule has 0 aromatic carbocycles. The van der Waals surface area contributed by atoms with Gasteiger partial charge in [-0.15, -0.1) is 11.3 Å². The Bertz CT molecular complexity index is 445. The first kappa shape index (κ1) is 12.0. The number of hydrogen-bond donors (Lipinski definition) is 1. The quantitative estimate of drug-likeness (QED) is 0.827. The highest BCUT2D eigenvalue weighted by Gasteiger charge is 2.34. The summed E-state index contributed by atoms with van der Waals surface area (Å²) in [6.07, 6.45) is 0. The van der Waals surface area contributed by atoms with Crippen LogP contribution in [0.2, 0.25) is 0 Å². The Labute approximate surface area is 102 Å². The number of amides is 1. The molecule has 1 aliphatic rings. The molecule has 7 heteroatoms. The highest BCUT2D eigenvalue weighted by molar-refractivity contribution is 7.11. The fourth-order valence-electron chi connectivity index (χ4n) is 1.69. The maximum absolute atomic E-state index is 12.2. The molecule has 0 aliphatic carbocycles. The summed E-state index contributed by atoms with van der Waals surface area (Å²) < 4.78 is 5.08. The Hall–Kier alpha value is -1.47. The topological polar surface area (TPSA) is 79.7 Å². The molecule has 1 fully saturated rings. The molecular formula is C10H12N2O4S. The van der Waals surface area contributed by atoms with E-state index in [-0.39, 0.29) is 12.5 Å². The number of nitrogens with zero attached hydrogens (tertiary/aromatic N) is 2. The number of hydrogen-bond acceptors (Lipinski definition) is 5. The fraction of sp³-hybridized carbons (Fsp3) is 0.500. The van der Waals surface area contributed by atoms with Crippen molar-refractivity contribution >= 4 is 23.2 Å². The summed E-state index contributed by atoms with van der Waals surface area (Å²) in [4.78, 5) is 29.0. The number of thiazole rings is 1. The van der Waals surface area contributed by atoms with Crippen molar-refractivity contribution in [2.24, 2.45) is 0 Å². The lowest BCUT2D eigenvalue weighted by Crippen LogP contribution is -2.52. The monoisotopic (exact) mass is 256 g/mol. The average Bonchev–Trinajstić information content (AvgIpc) is 2.74. The van der Waals surface area contributed by atoms with Crippen LogP contribution in [-0.4, -0.2) is 52.7 Å². The van der Waals surface area contributed by atoms with Crippen LogP contribution in [0, 0.1) is 6.92 Å². The highest BCUT2D eigenvalue weighted by Crippen LogP contribution is 2.18. The number of aromatic nitrogens is 1. The van der Waals surface area contributed by atoms with E-state index in [1.807, 2.05) is 0 Å². The third-order valence-corrected chi connectivity index (χ3v) is 3.53. The summed E-state index contributed by atoms with van der Waals surface area (Å²) in [6, 6.07) is -0.905. The fourth-order valence-corrected chi connectivity index (χ4v) is 2.45. The van der Waals surface area contributed by atoms with Crippen LogP contribution in [0.4, 0.5) is 0 Å². The Balaban J connectivity index is 2.23. The summed E-state index contributed by atoms with van der Waals surface area (Å²) in [5.74, 6) is -1.32. The Morgan fingerprint density at radius 1 is 1.65 bits per heavy atom. The van der Waals surface area contributed by atoms with E-state index in [4.69, 9.17) is 9.84 Å². The third-order valence-electron chi connectivity index (χ3n) is 2.61. The third kappa shape index (κ3) is 2.29. The molecule has 1 amide bonds. The van der Waals surface area contributed by atoms with Crippen LogP contribution >= 0.6 is 11.3 Å². The molecule has 0 bridgehead atoms. The molecule has 2 heterocycles. The van der Waals surface area contributed by atoms with Crippen LogP contribution in [0.15, 0.2) is 5.51 Å². The summed E-state index contributed by atoms with van der Waals surface area (Å²) in [6.45, 7) is 2.44. The van der Waals surface area contributed by atoms with Crippen LogP contribution in [0.25, 0.3) is 0 Å². The number of morpholine rings is 1. The first-order chi connectivity index (χ1) is 8.11. The van der Waals surface area contributed by atoms with E-state index in [9.17, 15) is 9.59 Å². The molecule has 92 valence electrons. The molecule has 1 aromatic rings. The number of aliphatic carboxylic acids is 1. The lowest BCUT2D eigenvalue weighted by Gasteiger charge is -2.32. The minimum Gasteiger partial charge on any atom is -0.480 e. The second-order valence-electron chi connectivity index (χ2n) is 3.69. The summed E-state index contributed by atoms with van der Waals surface area (Å²) >= 11 is 1.23. The van der Waals surface area contributed by atoms with Crippen LogP contribution < -0.4 is 0 Å². The summed E-state index contributed by atoms with van der Waals surface area (Å²) in [5, 5.41) is 9.04. The van der Waals surface area contributed by atoms with E-state index in [2.05, 4.69) is 4.98 Å². The Morgan fingerprint density at radius 2 is 2.41 bits per heavy atom. The van der Waals surface area contributed by atoms with Crippen LogP contribution in [0.1, 0.15) is 15.4 Å². The average molecular weight is 256 g/mol. The molecule has 1 aromatic heterocycles. The first-order valence-corrected chi connectivity index (χ1v) is 6.01. The summed E-state index contributed by atoms with van der Waals surface area (Å²) in [5.41, 5.74) is 2.22. The van der Waals surface area contributed by atoms with Gasteiger partial charge in [0.1, 0.15) is 4.88 Å². The van der Waals surface area contributed by atoms with Crippen molar-refractivity contribution in [3.63, 3.8) is 0 Å². The summed E-state index contributed by atoms with van der Waals surface area (Å²) in [7, 11) is 0. The van der Waals surface area contributed by atoms with Gasteiger partial charge in [0, 0.05) is 6.54 Å². The van der Waals surface area contributed by atoms with Crippen molar-refractivity contribution in [1.29, 1.82) is 0 Å². The minimum atomic E-state index is -1.04. The molecule has 1 atom stereocenters. The number of carboxylic acids is 1.